The SMILES string of the molecule is COc1cc(C=Cc2cccc(-c3ccccc3)c2C)cc(OC)c1CN1CCCCC1C(=O)O. The Labute approximate surface area is 207 Å². The first kappa shape index (κ1) is 24.6. The van der Waals surface area contributed by atoms with Gasteiger partial charge in [-0.3, -0.25) is 9.69 Å². The highest BCUT2D eigenvalue weighted by Crippen LogP contribution is 2.34. The predicted octanol–water partition coefficient (Wildman–Crippen LogP) is 6.29. The van der Waals surface area contributed by atoms with Crippen molar-refractivity contribution in [1.29, 1.82) is 0 Å². The molecule has 182 valence electrons. The summed E-state index contributed by atoms with van der Waals surface area (Å²) >= 11 is 0. The van der Waals surface area contributed by atoms with Crippen molar-refractivity contribution in [3.8, 4) is 22.6 Å². The van der Waals surface area contributed by atoms with Gasteiger partial charge in [0.2, 0.25) is 0 Å². The van der Waals surface area contributed by atoms with Crippen LogP contribution in [0.25, 0.3) is 23.3 Å². The maximum atomic E-state index is 11.8. The molecule has 0 amide bonds. The lowest BCUT2D eigenvalue weighted by Gasteiger charge is -2.33. The van der Waals surface area contributed by atoms with Crippen LogP contribution in [0.4, 0.5) is 0 Å². The highest BCUT2D eigenvalue weighted by molar-refractivity contribution is 5.78. The average Bonchev–Trinajstić information content (AvgIpc) is 2.89. The zero-order chi connectivity index (χ0) is 24.8. The van der Waals surface area contributed by atoms with Gasteiger partial charge in [-0.2, -0.15) is 0 Å². The topological polar surface area (TPSA) is 59.0 Å². The smallest absolute Gasteiger partial charge is 0.320 e. The Morgan fingerprint density at radius 2 is 1.71 bits per heavy atom. The average molecular weight is 472 g/mol. The molecule has 4 rings (SSSR count). The molecule has 5 nitrogen and oxygen atoms in total. The molecule has 0 radical (unpaired) electrons. The minimum atomic E-state index is -0.768. The molecule has 0 spiro atoms. The molecule has 1 unspecified atom stereocenters. The van der Waals surface area contributed by atoms with Crippen LogP contribution in [0.5, 0.6) is 11.5 Å². The number of nitrogens with zero attached hydrogens (tertiary/aromatic N) is 1. The summed E-state index contributed by atoms with van der Waals surface area (Å²) < 4.78 is 11.5. The Morgan fingerprint density at radius 1 is 1.00 bits per heavy atom. The van der Waals surface area contributed by atoms with Crippen LogP contribution in [0, 0.1) is 6.92 Å². The third-order valence-corrected chi connectivity index (χ3v) is 6.81. The van der Waals surface area contributed by atoms with Crippen LogP contribution in [0.1, 0.15) is 41.5 Å². The summed E-state index contributed by atoms with van der Waals surface area (Å²) in [6.45, 7) is 3.37. The molecule has 0 saturated carbocycles. The fraction of sp³-hybridized carbons (Fsp3) is 0.300. The van der Waals surface area contributed by atoms with Crippen molar-refractivity contribution in [2.45, 2.75) is 38.8 Å². The molecule has 0 bridgehead atoms. The first-order chi connectivity index (χ1) is 17.0. The van der Waals surface area contributed by atoms with Gasteiger partial charge in [-0.15, -0.1) is 0 Å². The summed E-state index contributed by atoms with van der Waals surface area (Å²) in [5.74, 6) is 0.636. The van der Waals surface area contributed by atoms with Gasteiger partial charge in [0.1, 0.15) is 17.5 Å². The number of hydrogen-bond acceptors (Lipinski definition) is 4. The second-order valence-electron chi connectivity index (χ2n) is 8.94. The van der Waals surface area contributed by atoms with Crippen molar-refractivity contribution < 1.29 is 19.4 Å². The van der Waals surface area contributed by atoms with E-state index in [0.29, 0.717) is 24.5 Å². The number of benzene rings is 3. The molecular formula is C30H33NO4. The molecule has 1 saturated heterocycles. The van der Waals surface area contributed by atoms with Crippen LogP contribution in [-0.4, -0.2) is 42.8 Å². The minimum absolute atomic E-state index is 0.474. The molecule has 1 aliphatic heterocycles. The number of carboxylic acid groups (broad SMARTS) is 1. The fourth-order valence-corrected chi connectivity index (χ4v) is 4.87. The number of hydrogen-bond donors (Lipinski definition) is 1. The third kappa shape index (κ3) is 5.57. The van der Waals surface area contributed by atoms with Crippen LogP contribution in [0.15, 0.2) is 60.7 Å². The van der Waals surface area contributed by atoms with Crippen LogP contribution in [0.2, 0.25) is 0 Å². The number of aliphatic carboxylic acids is 1. The monoisotopic (exact) mass is 471 g/mol. The van der Waals surface area contributed by atoms with Gasteiger partial charge in [-0.05, 0) is 66.3 Å². The van der Waals surface area contributed by atoms with Crippen molar-refractivity contribution in [1.82, 2.24) is 4.90 Å². The first-order valence-electron chi connectivity index (χ1n) is 12.1. The number of ether oxygens (including phenoxy) is 2. The van der Waals surface area contributed by atoms with Crippen molar-refractivity contribution in [3.05, 3.63) is 82.9 Å². The third-order valence-electron chi connectivity index (χ3n) is 6.81. The number of likely N-dealkylation sites (tertiary alicyclic amines) is 1. The van der Waals surface area contributed by atoms with E-state index in [0.717, 1.165) is 36.1 Å². The predicted molar refractivity (Wildman–Crippen MR) is 141 cm³/mol. The molecule has 5 heteroatoms. The first-order valence-corrected chi connectivity index (χ1v) is 12.1. The van der Waals surface area contributed by atoms with Crippen molar-refractivity contribution in [3.63, 3.8) is 0 Å². The van der Waals surface area contributed by atoms with E-state index < -0.39 is 12.0 Å². The van der Waals surface area contributed by atoms with Crippen molar-refractivity contribution >= 4 is 18.1 Å². The summed E-state index contributed by atoms with van der Waals surface area (Å²) in [6.07, 6.45) is 6.78. The van der Waals surface area contributed by atoms with Crippen LogP contribution in [-0.2, 0) is 11.3 Å². The lowest BCUT2D eigenvalue weighted by molar-refractivity contribution is -0.144. The Hall–Kier alpha value is -3.57. The van der Waals surface area contributed by atoms with E-state index in [9.17, 15) is 9.90 Å². The normalized spacial score (nSPS) is 16.4. The number of carboxylic acids is 1. The molecule has 1 N–H and O–H groups in total. The lowest BCUT2D eigenvalue weighted by atomic mass is 9.96. The number of rotatable bonds is 8. The van der Waals surface area contributed by atoms with E-state index in [1.807, 2.05) is 23.1 Å². The van der Waals surface area contributed by atoms with Crippen LogP contribution >= 0.6 is 0 Å². The molecule has 0 aliphatic carbocycles. The van der Waals surface area contributed by atoms with E-state index >= 15 is 0 Å². The summed E-state index contributed by atoms with van der Waals surface area (Å²) in [4.78, 5) is 13.8. The Morgan fingerprint density at radius 3 is 2.37 bits per heavy atom. The van der Waals surface area contributed by atoms with E-state index in [1.165, 1.54) is 16.7 Å². The highest BCUT2D eigenvalue weighted by Gasteiger charge is 2.30. The molecule has 1 fully saturated rings. The van der Waals surface area contributed by atoms with Crippen molar-refractivity contribution in [2.75, 3.05) is 20.8 Å². The van der Waals surface area contributed by atoms with Gasteiger partial charge in [-0.25, -0.2) is 0 Å². The second-order valence-corrected chi connectivity index (χ2v) is 8.94. The number of methoxy groups -OCH3 is 2. The molecule has 3 aromatic rings. The van der Waals surface area contributed by atoms with E-state index in [1.54, 1.807) is 14.2 Å². The molecule has 3 aromatic carbocycles. The zero-order valence-electron chi connectivity index (χ0n) is 20.7. The maximum Gasteiger partial charge on any atom is 0.320 e. The summed E-state index contributed by atoms with van der Waals surface area (Å²) in [7, 11) is 3.29. The summed E-state index contributed by atoms with van der Waals surface area (Å²) in [5.41, 5.74) is 6.61. The standard InChI is InChI=1S/C30H33NO4/c1-21-23(12-9-13-25(21)24-10-5-4-6-11-24)16-15-22-18-28(34-2)26(29(19-22)35-3)20-31-17-8-7-14-27(31)30(32)33/h4-6,9-13,15-16,18-19,27H,7-8,14,17,20H2,1-3H3,(H,32,33). The van der Waals surface area contributed by atoms with Gasteiger partial charge in [0.25, 0.3) is 0 Å². The van der Waals surface area contributed by atoms with E-state index in [4.69, 9.17) is 9.47 Å². The largest absolute Gasteiger partial charge is 0.496 e. The van der Waals surface area contributed by atoms with Gasteiger partial charge >= 0.3 is 5.97 Å². The molecule has 35 heavy (non-hydrogen) atoms. The van der Waals surface area contributed by atoms with Gasteiger partial charge in [-0.1, -0.05) is 67.1 Å². The Kier molecular flexibility index (Phi) is 7.88. The Bertz CT molecular complexity index is 1180. The maximum absolute atomic E-state index is 11.8. The highest BCUT2D eigenvalue weighted by atomic mass is 16.5. The molecule has 0 aromatic heterocycles. The zero-order valence-corrected chi connectivity index (χ0v) is 20.7. The second kappa shape index (κ2) is 11.2. The van der Waals surface area contributed by atoms with Gasteiger partial charge < -0.3 is 14.6 Å². The molecule has 1 heterocycles. The van der Waals surface area contributed by atoms with E-state index in [-0.39, 0.29) is 0 Å². The fourth-order valence-electron chi connectivity index (χ4n) is 4.87. The quantitative estimate of drug-likeness (QED) is 0.391. The lowest BCUT2D eigenvalue weighted by Crippen LogP contribution is -2.44. The van der Waals surface area contributed by atoms with Gasteiger partial charge in [0, 0.05) is 6.54 Å². The summed E-state index contributed by atoms with van der Waals surface area (Å²) in [6, 6.07) is 20.2. The summed E-state index contributed by atoms with van der Waals surface area (Å²) in [5, 5.41) is 9.66. The van der Waals surface area contributed by atoms with Crippen LogP contribution in [0.3, 0.4) is 0 Å². The minimum Gasteiger partial charge on any atom is -0.496 e. The van der Waals surface area contributed by atoms with Crippen LogP contribution < -0.4 is 9.47 Å². The molecule has 1 atom stereocenters. The van der Waals surface area contributed by atoms with Gasteiger partial charge in [0.05, 0.1) is 19.8 Å². The molecule has 1 aliphatic rings. The van der Waals surface area contributed by atoms with Crippen molar-refractivity contribution in [2.24, 2.45) is 0 Å². The van der Waals surface area contributed by atoms with Gasteiger partial charge in [0.15, 0.2) is 0 Å². The van der Waals surface area contributed by atoms with E-state index in [2.05, 4.69) is 61.5 Å². The number of carbonyl (C=O) groups is 1. The molecular weight excluding hydrogens is 438 g/mol. The number of piperidine rings is 1. The Balaban J connectivity index is 1.63.